The number of nitrogens with one attached hydrogen (secondary N) is 1. The molecule has 0 aliphatic carbocycles. The van der Waals surface area contributed by atoms with E-state index in [0.29, 0.717) is 13.0 Å². The van der Waals surface area contributed by atoms with E-state index in [9.17, 15) is 9.18 Å². The van der Waals surface area contributed by atoms with E-state index in [0.717, 1.165) is 30.8 Å². The van der Waals surface area contributed by atoms with Crippen molar-refractivity contribution >= 4 is 5.91 Å². The number of likely N-dealkylation sites (tertiary alicyclic amines) is 1. The van der Waals surface area contributed by atoms with Crippen molar-refractivity contribution in [1.82, 2.24) is 10.2 Å². The van der Waals surface area contributed by atoms with E-state index in [-0.39, 0.29) is 17.8 Å². The SMILES string of the molecule is COc1ccc(CCN2C[C@@H](NCc3ccc(F)cc3)CC2=O)cc1. The van der Waals surface area contributed by atoms with Gasteiger partial charge in [0.15, 0.2) is 0 Å². The summed E-state index contributed by atoms with van der Waals surface area (Å²) in [5.74, 6) is 0.792. The molecule has 1 heterocycles. The Labute approximate surface area is 147 Å². The summed E-state index contributed by atoms with van der Waals surface area (Å²) in [6.45, 7) is 2.08. The third-order valence-corrected chi connectivity index (χ3v) is 4.55. The van der Waals surface area contributed by atoms with Gasteiger partial charge in [-0.05, 0) is 41.8 Å². The number of benzene rings is 2. The molecule has 2 aromatic rings. The Balaban J connectivity index is 1.45. The molecule has 1 aliphatic heterocycles. The molecular weight excluding hydrogens is 319 g/mol. The molecule has 2 aromatic carbocycles. The van der Waals surface area contributed by atoms with Crippen molar-refractivity contribution in [3.63, 3.8) is 0 Å². The maximum atomic E-state index is 12.9. The van der Waals surface area contributed by atoms with Gasteiger partial charge in [-0.25, -0.2) is 4.39 Å². The lowest BCUT2D eigenvalue weighted by Gasteiger charge is -2.17. The molecule has 1 aliphatic rings. The summed E-state index contributed by atoms with van der Waals surface area (Å²) in [6.07, 6.45) is 1.35. The fourth-order valence-corrected chi connectivity index (χ4v) is 3.05. The number of rotatable bonds is 7. The molecule has 5 heteroatoms. The van der Waals surface area contributed by atoms with Crippen molar-refractivity contribution in [1.29, 1.82) is 0 Å². The molecule has 3 rings (SSSR count). The first kappa shape index (κ1) is 17.4. The molecule has 1 saturated heterocycles. The van der Waals surface area contributed by atoms with E-state index in [1.807, 2.05) is 29.2 Å². The molecule has 1 atom stereocenters. The summed E-state index contributed by atoms with van der Waals surface area (Å²) < 4.78 is 18.1. The Morgan fingerprint density at radius 2 is 1.80 bits per heavy atom. The van der Waals surface area contributed by atoms with Crippen LogP contribution in [0.2, 0.25) is 0 Å². The van der Waals surface area contributed by atoms with Crippen LogP contribution in [-0.2, 0) is 17.8 Å². The Bertz CT molecular complexity index is 701. The Morgan fingerprint density at radius 3 is 2.48 bits per heavy atom. The van der Waals surface area contributed by atoms with Gasteiger partial charge < -0.3 is 15.0 Å². The number of carbonyl (C=O) groups is 1. The molecular formula is C20H23FN2O2. The molecule has 4 nitrogen and oxygen atoms in total. The highest BCUT2D eigenvalue weighted by molar-refractivity contribution is 5.79. The number of methoxy groups -OCH3 is 1. The van der Waals surface area contributed by atoms with Crippen molar-refractivity contribution in [2.24, 2.45) is 0 Å². The minimum absolute atomic E-state index is 0.147. The molecule has 0 bridgehead atoms. The normalized spacial score (nSPS) is 17.1. The number of nitrogens with zero attached hydrogens (tertiary/aromatic N) is 1. The van der Waals surface area contributed by atoms with Gasteiger partial charge in [-0.3, -0.25) is 4.79 Å². The quantitative estimate of drug-likeness (QED) is 0.841. The highest BCUT2D eigenvalue weighted by Gasteiger charge is 2.28. The van der Waals surface area contributed by atoms with Gasteiger partial charge in [0.05, 0.1) is 7.11 Å². The monoisotopic (exact) mass is 342 g/mol. The zero-order chi connectivity index (χ0) is 17.6. The fraction of sp³-hybridized carbons (Fsp3) is 0.350. The molecule has 1 N–H and O–H groups in total. The number of halogens is 1. The number of carbonyl (C=O) groups excluding carboxylic acids is 1. The van der Waals surface area contributed by atoms with Crippen LogP contribution in [0.1, 0.15) is 17.5 Å². The highest BCUT2D eigenvalue weighted by atomic mass is 19.1. The summed E-state index contributed by atoms with van der Waals surface area (Å²) in [7, 11) is 1.65. The predicted molar refractivity (Wildman–Crippen MR) is 94.9 cm³/mol. The number of ether oxygens (including phenoxy) is 1. The third-order valence-electron chi connectivity index (χ3n) is 4.55. The summed E-state index contributed by atoms with van der Waals surface area (Å²) in [5.41, 5.74) is 2.21. The second kappa shape index (κ2) is 8.12. The van der Waals surface area contributed by atoms with Crippen LogP contribution in [0.5, 0.6) is 5.75 Å². The molecule has 0 saturated carbocycles. The molecule has 1 fully saturated rings. The average molecular weight is 342 g/mol. The zero-order valence-corrected chi connectivity index (χ0v) is 14.4. The van der Waals surface area contributed by atoms with E-state index in [1.165, 1.54) is 17.7 Å². The molecule has 25 heavy (non-hydrogen) atoms. The van der Waals surface area contributed by atoms with Gasteiger partial charge in [0, 0.05) is 32.1 Å². The largest absolute Gasteiger partial charge is 0.497 e. The summed E-state index contributed by atoms with van der Waals surface area (Å²) in [5, 5.41) is 3.39. The first-order valence-corrected chi connectivity index (χ1v) is 8.52. The molecule has 132 valence electrons. The fourth-order valence-electron chi connectivity index (χ4n) is 3.05. The van der Waals surface area contributed by atoms with E-state index in [4.69, 9.17) is 4.74 Å². The lowest BCUT2D eigenvalue weighted by molar-refractivity contribution is -0.127. The van der Waals surface area contributed by atoms with Crippen molar-refractivity contribution < 1.29 is 13.9 Å². The van der Waals surface area contributed by atoms with E-state index < -0.39 is 0 Å². The van der Waals surface area contributed by atoms with Crippen LogP contribution in [-0.4, -0.2) is 37.0 Å². The second-order valence-corrected chi connectivity index (χ2v) is 6.35. The average Bonchev–Trinajstić information content (AvgIpc) is 3.00. The summed E-state index contributed by atoms with van der Waals surface area (Å²) in [4.78, 5) is 14.1. The summed E-state index contributed by atoms with van der Waals surface area (Å²) >= 11 is 0. The van der Waals surface area contributed by atoms with Crippen LogP contribution < -0.4 is 10.1 Å². The van der Waals surface area contributed by atoms with Crippen LogP contribution in [0.4, 0.5) is 4.39 Å². The Morgan fingerprint density at radius 1 is 1.12 bits per heavy atom. The van der Waals surface area contributed by atoms with E-state index in [1.54, 1.807) is 19.2 Å². The van der Waals surface area contributed by atoms with Crippen LogP contribution in [0.25, 0.3) is 0 Å². The van der Waals surface area contributed by atoms with Gasteiger partial charge in [0.25, 0.3) is 0 Å². The number of hydrogen-bond acceptors (Lipinski definition) is 3. The molecule has 0 spiro atoms. The zero-order valence-electron chi connectivity index (χ0n) is 14.4. The Hall–Kier alpha value is -2.40. The lowest BCUT2D eigenvalue weighted by Crippen LogP contribution is -2.33. The number of amides is 1. The van der Waals surface area contributed by atoms with Gasteiger partial charge in [0.2, 0.25) is 5.91 Å². The topological polar surface area (TPSA) is 41.6 Å². The third kappa shape index (κ3) is 4.79. The van der Waals surface area contributed by atoms with Gasteiger partial charge in [-0.2, -0.15) is 0 Å². The summed E-state index contributed by atoms with van der Waals surface area (Å²) in [6, 6.07) is 14.5. The van der Waals surface area contributed by atoms with Crippen LogP contribution >= 0.6 is 0 Å². The first-order valence-electron chi connectivity index (χ1n) is 8.52. The first-order chi connectivity index (χ1) is 12.1. The molecule has 0 aromatic heterocycles. The van der Waals surface area contributed by atoms with Crippen molar-refractivity contribution in [3.05, 3.63) is 65.5 Å². The predicted octanol–water partition coefficient (Wildman–Crippen LogP) is 2.77. The maximum absolute atomic E-state index is 12.9. The van der Waals surface area contributed by atoms with Crippen molar-refractivity contribution in [2.45, 2.75) is 25.4 Å². The van der Waals surface area contributed by atoms with Gasteiger partial charge >= 0.3 is 0 Å². The second-order valence-electron chi connectivity index (χ2n) is 6.35. The van der Waals surface area contributed by atoms with Crippen LogP contribution in [0.15, 0.2) is 48.5 Å². The van der Waals surface area contributed by atoms with Crippen LogP contribution in [0, 0.1) is 5.82 Å². The van der Waals surface area contributed by atoms with Crippen molar-refractivity contribution in [2.75, 3.05) is 20.2 Å². The minimum Gasteiger partial charge on any atom is -0.497 e. The van der Waals surface area contributed by atoms with Crippen LogP contribution in [0.3, 0.4) is 0 Å². The molecule has 0 unspecified atom stereocenters. The van der Waals surface area contributed by atoms with Gasteiger partial charge in [-0.1, -0.05) is 24.3 Å². The van der Waals surface area contributed by atoms with E-state index in [2.05, 4.69) is 5.32 Å². The van der Waals surface area contributed by atoms with Crippen molar-refractivity contribution in [3.8, 4) is 5.75 Å². The van der Waals surface area contributed by atoms with Gasteiger partial charge in [-0.15, -0.1) is 0 Å². The van der Waals surface area contributed by atoms with Gasteiger partial charge in [0.1, 0.15) is 11.6 Å². The molecule has 1 amide bonds. The highest BCUT2D eigenvalue weighted by Crippen LogP contribution is 2.15. The smallest absolute Gasteiger partial charge is 0.224 e. The van der Waals surface area contributed by atoms with E-state index >= 15 is 0 Å². The standard InChI is InChI=1S/C20H23FN2O2/c1-25-19-8-4-15(5-9-19)10-11-23-14-18(12-20(23)24)22-13-16-2-6-17(21)7-3-16/h2-9,18,22H,10-14H2,1H3/t18-/m0/s1. The Kier molecular flexibility index (Phi) is 5.66. The number of hydrogen-bond donors (Lipinski definition) is 1. The molecule has 0 radical (unpaired) electrons. The lowest BCUT2D eigenvalue weighted by atomic mass is 10.1. The minimum atomic E-state index is -0.232. The maximum Gasteiger partial charge on any atom is 0.224 e.